The third-order valence-electron chi connectivity index (χ3n) is 1.97. The molecule has 0 rings (SSSR count). The monoisotopic (exact) mass is 268 g/mol. The summed E-state index contributed by atoms with van der Waals surface area (Å²) in [5.74, 6) is -10.4. The molecule has 0 aliphatic heterocycles. The van der Waals surface area contributed by atoms with Crippen LogP contribution in [0.5, 0.6) is 0 Å². The lowest BCUT2D eigenvalue weighted by Crippen LogP contribution is -2.54. The molecule has 0 amide bonds. The minimum absolute atomic E-state index is 0.855. The van der Waals surface area contributed by atoms with Gasteiger partial charge in [-0.2, -0.15) is 0 Å². The van der Waals surface area contributed by atoms with Crippen molar-refractivity contribution >= 4 is 35.3 Å². The van der Waals surface area contributed by atoms with Gasteiger partial charge in [0, 0.05) is 0 Å². The SMILES string of the molecule is O=C(O)CC(O)(C(=O)O)C(C(=O)O)C(=O)CCl. The molecule has 0 heterocycles. The van der Waals surface area contributed by atoms with E-state index in [4.69, 9.17) is 26.9 Å². The maximum atomic E-state index is 11.2. The van der Waals surface area contributed by atoms with E-state index in [-0.39, 0.29) is 0 Å². The Morgan fingerprint density at radius 3 is 1.82 bits per heavy atom. The first-order chi connectivity index (χ1) is 7.66. The number of halogens is 1. The van der Waals surface area contributed by atoms with Crippen molar-refractivity contribution in [2.45, 2.75) is 12.0 Å². The Kier molecular flexibility index (Phi) is 5.05. The summed E-state index contributed by atoms with van der Waals surface area (Å²) < 4.78 is 0. The first-order valence-electron chi connectivity index (χ1n) is 4.15. The Hall–Kier alpha value is -1.67. The van der Waals surface area contributed by atoms with Gasteiger partial charge in [0.2, 0.25) is 0 Å². The molecule has 0 spiro atoms. The van der Waals surface area contributed by atoms with E-state index in [0.29, 0.717) is 0 Å². The molecule has 0 radical (unpaired) electrons. The fourth-order valence-corrected chi connectivity index (χ4v) is 1.37. The molecule has 0 aliphatic carbocycles. The van der Waals surface area contributed by atoms with E-state index in [2.05, 4.69) is 0 Å². The van der Waals surface area contributed by atoms with Crippen molar-refractivity contribution in [3.8, 4) is 0 Å². The van der Waals surface area contributed by atoms with Crippen molar-refractivity contribution in [3.63, 3.8) is 0 Å². The van der Waals surface area contributed by atoms with Crippen LogP contribution in [0.1, 0.15) is 6.42 Å². The Labute approximate surface area is 99.4 Å². The van der Waals surface area contributed by atoms with E-state index in [0.717, 1.165) is 0 Å². The molecule has 2 atom stereocenters. The molecule has 4 N–H and O–H groups in total. The normalized spacial score (nSPS) is 15.6. The van der Waals surface area contributed by atoms with Crippen LogP contribution in [0.3, 0.4) is 0 Å². The number of carbonyl (C=O) groups is 4. The molecule has 17 heavy (non-hydrogen) atoms. The number of aliphatic hydroxyl groups is 1. The first-order valence-corrected chi connectivity index (χ1v) is 4.69. The van der Waals surface area contributed by atoms with Gasteiger partial charge in [0.1, 0.15) is 0 Å². The molecule has 2 unspecified atom stereocenters. The van der Waals surface area contributed by atoms with Crippen molar-refractivity contribution in [2.24, 2.45) is 5.92 Å². The van der Waals surface area contributed by atoms with Gasteiger partial charge in [-0.25, -0.2) is 4.79 Å². The van der Waals surface area contributed by atoms with Gasteiger partial charge in [0.25, 0.3) is 0 Å². The van der Waals surface area contributed by atoms with E-state index < -0.39 is 47.5 Å². The summed E-state index contributed by atoms with van der Waals surface area (Å²) in [5, 5.41) is 35.3. The predicted octanol–water partition coefficient (Wildman–Crippen LogP) is -1.21. The average Bonchev–Trinajstić information content (AvgIpc) is 2.15. The number of aliphatic carboxylic acids is 3. The molecule has 0 aliphatic rings. The van der Waals surface area contributed by atoms with Gasteiger partial charge in [-0.3, -0.25) is 14.4 Å². The van der Waals surface area contributed by atoms with Gasteiger partial charge in [-0.1, -0.05) is 0 Å². The number of carboxylic acid groups (broad SMARTS) is 3. The third-order valence-corrected chi connectivity index (χ3v) is 2.23. The smallest absolute Gasteiger partial charge is 0.337 e. The van der Waals surface area contributed by atoms with Gasteiger partial charge >= 0.3 is 17.9 Å². The molecule has 0 aromatic carbocycles. The van der Waals surface area contributed by atoms with Crippen molar-refractivity contribution in [3.05, 3.63) is 0 Å². The zero-order valence-corrected chi connectivity index (χ0v) is 9.05. The molecule has 9 heteroatoms. The lowest BCUT2D eigenvalue weighted by molar-refractivity contribution is -0.180. The van der Waals surface area contributed by atoms with Crippen LogP contribution in [0.4, 0.5) is 0 Å². The lowest BCUT2D eigenvalue weighted by Gasteiger charge is -2.26. The van der Waals surface area contributed by atoms with Crippen molar-refractivity contribution in [1.82, 2.24) is 0 Å². The van der Waals surface area contributed by atoms with E-state index in [1.54, 1.807) is 0 Å². The highest BCUT2D eigenvalue weighted by atomic mass is 35.5. The summed E-state index contributed by atoms with van der Waals surface area (Å²) in [6, 6.07) is 0. The van der Waals surface area contributed by atoms with E-state index in [9.17, 15) is 24.3 Å². The van der Waals surface area contributed by atoms with Crippen molar-refractivity contribution < 1.29 is 39.6 Å². The number of hydrogen-bond acceptors (Lipinski definition) is 5. The summed E-state index contributed by atoms with van der Waals surface area (Å²) in [5.41, 5.74) is -3.23. The summed E-state index contributed by atoms with van der Waals surface area (Å²) in [4.78, 5) is 43.0. The number of alkyl halides is 1. The van der Waals surface area contributed by atoms with Crippen molar-refractivity contribution in [2.75, 3.05) is 5.88 Å². The summed E-state index contributed by atoms with van der Waals surface area (Å²) in [7, 11) is 0. The van der Waals surface area contributed by atoms with Gasteiger partial charge < -0.3 is 20.4 Å². The Bertz CT molecular complexity index is 365. The number of rotatable bonds is 7. The van der Waals surface area contributed by atoms with Crippen LogP contribution in [-0.2, 0) is 19.2 Å². The van der Waals surface area contributed by atoms with Crippen LogP contribution in [-0.4, -0.2) is 55.6 Å². The third kappa shape index (κ3) is 3.40. The quantitative estimate of drug-likeness (QED) is 0.332. The Morgan fingerprint density at radius 1 is 1.12 bits per heavy atom. The number of carboxylic acids is 3. The van der Waals surface area contributed by atoms with Crippen LogP contribution in [0.15, 0.2) is 0 Å². The molecule has 96 valence electrons. The molecule has 0 aromatic heterocycles. The zero-order valence-electron chi connectivity index (χ0n) is 8.29. The lowest BCUT2D eigenvalue weighted by atomic mass is 9.82. The highest BCUT2D eigenvalue weighted by molar-refractivity contribution is 6.30. The van der Waals surface area contributed by atoms with Crippen LogP contribution in [0, 0.1) is 5.92 Å². The molecule has 0 bridgehead atoms. The first kappa shape index (κ1) is 15.3. The molecular weight excluding hydrogens is 260 g/mol. The second-order valence-corrected chi connectivity index (χ2v) is 3.44. The second kappa shape index (κ2) is 5.60. The number of ketones is 1. The van der Waals surface area contributed by atoms with Gasteiger partial charge in [0.05, 0.1) is 12.3 Å². The Balaban J connectivity index is 5.53. The molecule has 0 saturated heterocycles. The standard InChI is InChI=1S/C8H9ClO8/c9-2-3(10)5(6(13)14)8(17,7(15)16)1-4(11)12/h5,17H,1-2H2,(H,11,12)(H,13,14)(H,15,16). The number of Topliss-reactive ketones (excluding diaryl/α,β-unsaturated/α-hetero) is 1. The zero-order chi connectivity index (χ0) is 13.8. The largest absolute Gasteiger partial charge is 0.481 e. The molecular formula is C8H9ClO8. The highest BCUT2D eigenvalue weighted by Gasteiger charge is 2.53. The fraction of sp³-hybridized carbons (Fsp3) is 0.500. The minimum atomic E-state index is -3.23. The Morgan fingerprint density at radius 2 is 1.59 bits per heavy atom. The second-order valence-electron chi connectivity index (χ2n) is 3.17. The van der Waals surface area contributed by atoms with Crippen molar-refractivity contribution in [1.29, 1.82) is 0 Å². The number of hydrogen-bond donors (Lipinski definition) is 4. The van der Waals surface area contributed by atoms with E-state index >= 15 is 0 Å². The van der Waals surface area contributed by atoms with E-state index in [1.165, 1.54) is 0 Å². The summed E-state index contributed by atoms with van der Waals surface area (Å²) in [6.45, 7) is 0. The topological polar surface area (TPSA) is 149 Å². The predicted molar refractivity (Wildman–Crippen MR) is 51.7 cm³/mol. The fourth-order valence-electron chi connectivity index (χ4n) is 1.22. The summed E-state index contributed by atoms with van der Waals surface area (Å²) >= 11 is 5.07. The van der Waals surface area contributed by atoms with E-state index in [1.807, 2.05) is 0 Å². The number of carbonyl (C=O) groups excluding carboxylic acids is 1. The highest BCUT2D eigenvalue weighted by Crippen LogP contribution is 2.24. The molecule has 0 saturated carbocycles. The van der Waals surface area contributed by atoms with Gasteiger partial charge in [0.15, 0.2) is 17.3 Å². The van der Waals surface area contributed by atoms with Crippen LogP contribution in [0.2, 0.25) is 0 Å². The van der Waals surface area contributed by atoms with Gasteiger partial charge in [-0.15, -0.1) is 11.6 Å². The maximum Gasteiger partial charge on any atom is 0.337 e. The van der Waals surface area contributed by atoms with Crippen LogP contribution in [0.25, 0.3) is 0 Å². The molecule has 0 aromatic rings. The molecule has 0 fully saturated rings. The minimum Gasteiger partial charge on any atom is -0.481 e. The maximum absolute atomic E-state index is 11.2. The van der Waals surface area contributed by atoms with Crippen LogP contribution >= 0.6 is 11.6 Å². The van der Waals surface area contributed by atoms with Crippen LogP contribution < -0.4 is 0 Å². The van der Waals surface area contributed by atoms with Gasteiger partial charge in [-0.05, 0) is 0 Å². The molecule has 8 nitrogen and oxygen atoms in total. The summed E-state index contributed by atoms with van der Waals surface area (Å²) in [6.07, 6.45) is -1.43. The average molecular weight is 269 g/mol.